The maximum absolute atomic E-state index is 12.2. The summed E-state index contributed by atoms with van der Waals surface area (Å²) in [5.74, 6) is -0.408. The van der Waals surface area contributed by atoms with E-state index in [2.05, 4.69) is 10.6 Å². The van der Waals surface area contributed by atoms with Gasteiger partial charge in [0.15, 0.2) is 5.11 Å². The highest BCUT2D eigenvalue weighted by atomic mass is 35.5. The molecule has 29 heavy (non-hydrogen) atoms. The minimum atomic E-state index is -0.516. The average Bonchev–Trinajstić information content (AvgIpc) is 3.04. The number of carbonyl (C=O) groups is 2. The maximum Gasteiger partial charge on any atom is 0.263 e. The van der Waals surface area contributed by atoms with Gasteiger partial charge in [0.1, 0.15) is 17.9 Å². The Balaban J connectivity index is 1.61. The van der Waals surface area contributed by atoms with Gasteiger partial charge in [-0.25, -0.2) is 0 Å². The van der Waals surface area contributed by atoms with Crippen molar-refractivity contribution in [2.75, 3.05) is 6.61 Å². The van der Waals surface area contributed by atoms with Gasteiger partial charge in [-0.15, -0.1) is 0 Å². The SMILES string of the molecule is O=C1NC(=S)NC(=O)C1=Cc1cn(CCOc2ccccc2Cl)c2ccccc12. The van der Waals surface area contributed by atoms with E-state index < -0.39 is 11.8 Å². The molecule has 1 aromatic heterocycles. The first-order valence-electron chi connectivity index (χ1n) is 8.86. The van der Waals surface area contributed by atoms with Gasteiger partial charge >= 0.3 is 0 Å². The number of benzene rings is 2. The molecule has 8 heteroatoms. The molecule has 1 saturated heterocycles. The van der Waals surface area contributed by atoms with E-state index in [-0.39, 0.29) is 10.7 Å². The molecule has 6 nitrogen and oxygen atoms in total. The van der Waals surface area contributed by atoms with Gasteiger partial charge in [-0.1, -0.05) is 41.9 Å². The number of hydrogen-bond donors (Lipinski definition) is 2. The number of fused-ring (bicyclic) bond motifs is 1. The summed E-state index contributed by atoms with van der Waals surface area (Å²) in [7, 11) is 0. The Morgan fingerprint density at radius 3 is 2.48 bits per heavy atom. The van der Waals surface area contributed by atoms with Gasteiger partial charge in [0.05, 0.1) is 11.6 Å². The number of halogens is 1. The van der Waals surface area contributed by atoms with Crippen LogP contribution in [-0.4, -0.2) is 28.1 Å². The summed E-state index contributed by atoms with van der Waals surface area (Å²) in [4.78, 5) is 24.3. The lowest BCUT2D eigenvalue weighted by Crippen LogP contribution is -2.51. The van der Waals surface area contributed by atoms with E-state index in [4.69, 9.17) is 28.6 Å². The van der Waals surface area contributed by atoms with Crippen molar-refractivity contribution < 1.29 is 14.3 Å². The molecule has 0 bridgehead atoms. The molecule has 1 aliphatic rings. The van der Waals surface area contributed by atoms with Crippen molar-refractivity contribution >= 4 is 57.7 Å². The van der Waals surface area contributed by atoms with Gasteiger partial charge in [0, 0.05) is 22.7 Å². The van der Waals surface area contributed by atoms with E-state index in [1.165, 1.54) is 0 Å². The predicted molar refractivity (Wildman–Crippen MR) is 116 cm³/mol. The Labute approximate surface area is 177 Å². The fourth-order valence-corrected chi connectivity index (χ4v) is 3.53. The first-order valence-corrected chi connectivity index (χ1v) is 9.65. The fourth-order valence-electron chi connectivity index (χ4n) is 3.15. The summed E-state index contributed by atoms with van der Waals surface area (Å²) in [6.45, 7) is 0.977. The Bertz CT molecular complexity index is 1150. The lowest BCUT2D eigenvalue weighted by molar-refractivity contribution is -0.123. The zero-order chi connectivity index (χ0) is 20.4. The topological polar surface area (TPSA) is 72.4 Å². The summed E-state index contributed by atoms with van der Waals surface area (Å²) in [6.07, 6.45) is 3.46. The molecule has 0 radical (unpaired) electrons. The molecule has 0 saturated carbocycles. The number of nitrogens with zero attached hydrogens (tertiary/aromatic N) is 1. The molecular weight excluding hydrogens is 410 g/mol. The molecule has 146 valence electrons. The van der Waals surface area contributed by atoms with Crippen molar-refractivity contribution in [1.29, 1.82) is 0 Å². The van der Waals surface area contributed by atoms with Gasteiger partial charge in [0.2, 0.25) is 0 Å². The van der Waals surface area contributed by atoms with Crippen LogP contribution in [0.15, 0.2) is 60.3 Å². The van der Waals surface area contributed by atoms with Crippen LogP contribution in [0, 0.1) is 0 Å². The number of aromatic nitrogens is 1. The molecule has 0 atom stereocenters. The number of nitrogens with one attached hydrogen (secondary N) is 2. The van der Waals surface area contributed by atoms with Gasteiger partial charge in [0.25, 0.3) is 11.8 Å². The molecule has 2 aromatic carbocycles. The number of amides is 2. The highest BCUT2D eigenvalue weighted by Gasteiger charge is 2.26. The van der Waals surface area contributed by atoms with E-state index in [1.807, 2.05) is 53.2 Å². The molecule has 0 unspecified atom stereocenters. The molecule has 0 aliphatic carbocycles. The van der Waals surface area contributed by atoms with Gasteiger partial charge in [-0.3, -0.25) is 20.2 Å². The molecule has 1 fully saturated rings. The molecule has 1 aliphatic heterocycles. The number of ether oxygens (including phenoxy) is 1. The molecule has 0 spiro atoms. The predicted octanol–water partition coefficient (Wildman–Crippen LogP) is 3.29. The molecule has 2 amide bonds. The summed E-state index contributed by atoms with van der Waals surface area (Å²) < 4.78 is 7.80. The minimum absolute atomic E-state index is 0.00817. The van der Waals surface area contributed by atoms with Crippen LogP contribution in [0.2, 0.25) is 5.02 Å². The Morgan fingerprint density at radius 1 is 1.03 bits per heavy atom. The van der Waals surface area contributed by atoms with Gasteiger partial charge in [-0.2, -0.15) is 0 Å². The summed E-state index contributed by atoms with van der Waals surface area (Å²) in [5.41, 5.74) is 1.73. The standard InChI is InChI=1S/C21H16ClN3O3S/c22-16-6-2-4-8-18(16)28-10-9-25-12-13(14-5-1-3-7-17(14)25)11-15-19(26)23-21(29)24-20(15)27/h1-8,11-12H,9-10H2,(H2,23,24,26,27,29). The zero-order valence-electron chi connectivity index (χ0n) is 15.1. The van der Waals surface area contributed by atoms with Crippen LogP contribution >= 0.6 is 23.8 Å². The maximum atomic E-state index is 12.2. The highest BCUT2D eigenvalue weighted by Crippen LogP contribution is 2.25. The second kappa shape index (κ2) is 8.06. The fraction of sp³-hybridized carbons (Fsp3) is 0.0952. The van der Waals surface area contributed by atoms with Crippen molar-refractivity contribution in [3.8, 4) is 5.75 Å². The van der Waals surface area contributed by atoms with E-state index in [9.17, 15) is 9.59 Å². The van der Waals surface area contributed by atoms with Crippen LogP contribution in [-0.2, 0) is 16.1 Å². The summed E-state index contributed by atoms with van der Waals surface area (Å²) in [6, 6.07) is 15.1. The third kappa shape index (κ3) is 4.01. The summed E-state index contributed by atoms with van der Waals surface area (Å²) >= 11 is 11.0. The van der Waals surface area contributed by atoms with Crippen LogP contribution in [0.25, 0.3) is 17.0 Å². The van der Waals surface area contributed by atoms with Crippen LogP contribution in [0.5, 0.6) is 5.75 Å². The van der Waals surface area contributed by atoms with E-state index in [0.717, 1.165) is 16.5 Å². The number of rotatable bonds is 5. The number of para-hydroxylation sites is 2. The number of thiocarbonyl (C=S) groups is 1. The quantitative estimate of drug-likeness (QED) is 0.374. The number of carbonyl (C=O) groups excluding carboxylic acids is 2. The van der Waals surface area contributed by atoms with Crippen molar-refractivity contribution in [3.63, 3.8) is 0 Å². The Hall–Kier alpha value is -3.16. The second-order valence-electron chi connectivity index (χ2n) is 6.37. The zero-order valence-corrected chi connectivity index (χ0v) is 16.7. The Kier molecular flexibility index (Phi) is 5.33. The monoisotopic (exact) mass is 425 g/mol. The summed E-state index contributed by atoms with van der Waals surface area (Å²) in [5, 5.41) is 6.38. The third-order valence-corrected chi connectivity index (χ3v) is 5.01. The van der Waals surface area contributed by atoms with Gasteiger partial charge in [-0.05, 0) is 36.5 Å². The molecule has 2 N–H and O–H groups in total. The highest BCUT2D eigenvalue weighted by molar-refractivity contribution is 7.80. The Morgan fingerprint density at radius 2 is 1.72 bits per heavy atom. The van der Waals surface area contributed by atoms with E-state index >= 15 is 0 Å². The van der Waals surface area contributed by atoms with E-state index in [0.29, 0.717) is 23.9 Å². The normalized spacial score (nSPS) is 14.0. The van der Waals surface area contributed by atoms with Crippen LogP contribution in [0.4, 0.5) is 0 Å². The van der Waals surface area contributed by atoms with Crippen molar-refractivity contribution in [2.24, 2.45) is 0 Å². The lowest BCUT2D eigenvalue weighted by atomic mass is 10.1. The van der Waals surface area contributed by atoms with Crippen molar-refractivity contribution in [1.82, 2.24) is 15.2 Å². The smallest absolute Gasteiger partial charge is 0.263 e. The molecule has 2 heterocycles. The lowest BCUT2D eigenvalue weighted by Gasteiger charge is -2.16. The second-order valence-corrected chi connectivity index (χ2v) is 7.18. The van der Waals surface area contributed by atoms with Crippen molar-refractivity contribution in [2.45, 2.75) is 6.54 Å². The minimum Gasteiger partial charge on any atom is -0.490 e. The molecule has 3 aromatic rings. The number of hydrogen-bond acceptors (Lipinski definition) is 4. The first-order chi connectivity index (χ1) is 14.0. The third-order valence-electron chi connectivity index (χ3n) is 4.49. The van der Waals surface area contributed by atoms with Crippen molar-refractivity contribution in [3.05, 3.63) is 70.9 Å². The largest absolute Gasteiger partial charge is 0.490 e. The first kappa shape index (κ1) is 19.2. The molecule has 4 rings (SSSR count). The average molecular weight is 426 g/mol. The van der Waals surface area contributed by atoms with E-state index in [1.54, 1.807) is 12.1 Å². The molecular formula is C21H16ClN3O3S. The van der Waals surface area contributed by atoms with Crippen LogP contribution in [0.1, 0.15) is 5.56 Å². The van der Waals surface area contributed by atoms with Crippen LogP contribution in [0.3, 0.4) is 0 Å². The van der Waals surface area contributed by atoms with Gasteiger partial charge < -0.3 is 9.30 Å². The van der Waals surface area contributed by atoms with Crippen LogP contribution < -0.4 is 15.4 Å².